The molecule has 1 aliphatic heterocycles. The molecule has 0 aromatic carbocycles. The van der Waals surface area contributed by atoms with E-state index in [1.54, 1.807) is 6.20 Å². The number of amides is 2. The maximum atomic E-state index is 12.9. The van der Waals surface area contributed by atoms with Crippen LogP contribution in [0, 0.1) is 0 Å². The van der Waals surface area contributed by atoms with Gasteiger partial charge in [-0.3, -0.25) is 9.59 Å². The minimum atomic E-state index is -0.278. The SMILES string of the molecule is CC(C)c1nccn1[C@H](C)C(=O)N1CCN(C(=O)c2cccs2)CC1. The van der Waals surface area contributed by atoms with Crippen molar-refractivity contribution in [2.45, 2.75) is 32.7 Å². The van der Waals surface area contributed by atoms with Gasteiger partial charge in [0.05, 0.1) is 4.88 Å². The van der Waals surface area contributed by atoms with Crippen molar-refractivity contribution in [2.75, 3.05) is 26.2 Å². The lowest BCUT2D eigenvalue weighted by Crippen LogP contribution is -2.51. The minimum Gasteiger partial charge on any atom is -0.337 e. The third-order valence-electron chi connectivity index (χ3n) is 4.60. The van der Waals surface area contributed by atoms with Crippen molar-refractivity contribution in [2.24, 2.45) is 0 Å². The number of hydrogen-bond donors (Lipinski definition) is 0. The molecule has 2 aromatic heterocycles. The van der Waals surface area contributed by atoms with Gasteiger partial charge in [-0.05, 0) is 18.4 Å². The van der Waals surface area contributed by atoms with E-state index in [2.05, 4.69) is 18.8 Å². The molecule has 3 heterocycles. The van der Waals surface area contributed by atoms with Gasteiger partial charge in [-0.2, -0.15) is 0 Å². The van der Waals surface area contributed by atoms with E-state index in [1.165, 1.54) is 11.3 Å². The highest BCUT2D eigenvalue weighted by molar-refractivity contribution is 7.12. The number of piperazine rings is 1. The number of nitrogens with zero attached hydrogens (tertiary/aromatic N) is 4. The van der Waals surface area contributed by atoms with Gasteiger partial charge in [0.2, 0.25) is 5.91 Å². The van der Waals surface area contributed by atoms with E-state index < -0.39 is 0 Å². The van der Waals surface area contributed by atoms with Gasteiger partial charge in [-0.15, -0.1) is 11.3 Å². The van der Waals surface area contributed by atoms with Crippen molar-refractivity contribution in [3.8, 4) is 0 Å². The molecule has 0 N–H and O–H groups in total. The van der Waals surface area contributed by atoms with E-state index in [0.717, 1.165) is 10.7 Å². The van der Waals surface area contributed by atoms with Gasteiger partial charge in [0.25, 0.3) is 5.91 Å². The Morgan fingerprint density at radius 3 is 2.40 bits per heavy atom. The first kappa shape index (κ1) is 17.7. The van der Waals surface area contributed by atoms with Gasteiger partial charge < -0.3 is 14.4 Å². The summed E-state index contributed by atoms with van der Waals surface area (Å²) >= 11 is 1.46. The maximum Gasteiger partial charge on any atom is 0.264 e. The lowest BCUT2D eigenvalue weighted by molar-refractivity contribution is -0.135. The molecule has 0 radical (unpaired) electrons. The molecule has 0 unspecified atom stereocenters. The van der Waals surface area contributed by atoms with E-state index in [4.69, 9.17) is 0 Å². The van der Waals surface area contributed by atoms with Gasteiger partial charge in [0.1, 0.15) is 11.9 Å². The van der Waals surface area contributed by atoms with Crippen molar-refractivity contribution in [3.05, 3.63) is 40.6 Å². The zero-order valence-corrected chi connectivity index (χ0v) is 15.7. The van der Waals surface area contributed by atoms with Crippen LogP contribution in [0.2, 0.25) is 0 Å². The Hall–Kier alpha value is -2.15. The molecule has 0 spiro atoms. The van der Waals surface area contributed by atoms with Gasteiger partial charge in [-0.25, -0.2) is 4.98 Å². The van der Waals surface area contributed by atoms with Gasteiger partial charge >= 0.3 is 0 Å². The van der Waals surface area contributed by atoms with E-state index in [0.29, 0.717) is 26.2 Å². The summed E-state index contributed by atoms with van der Waals surface area (Å²) in [6, 6.07) is 3.45. The van der Waals surface area contributed by atoms with E-state index in [-0.39, 0.29) is 23.8 Å². The van der Waals surface area contributed by atoms with E-state index >= 15 is 0 Å². The number of hydrogen-bond acceptors (Lipinski definition) is 4. The van der Waals surface area contributed by atoms with Crippen LogP contribution >= 0.6 is 11.3 Å². The van der Waals surface area contributed by atoms with Gasteiger partial charge in [0, 0.05) is 44.5 Å². The second-order valence-corrected chi connectivity index (χ2v) is 7.57. The van der Waals surface area contributed by atoms with Gasteiger partial charge in [0.15, 0.2) is 0 Å². The second-order valence-electron chi connectivity index (χ2n) is 6.62. The molecule has 25 heavy (non-hydrogen) atoms. The molecule has 2 amide bonds. The van der Waals surface area contributed by atoms with Crippen LogP contribution in [0.3, 0.4) is 0 Å². The largest absolute Gasteiger partial charge is 0.337 e. The predicted octanol–water partition coefficient (Wildman–Crippen LogP) is 2.61. The number of aromatic nitrogens is 2. The first-order valence-corrected chi connectivity index (χ1v) is 9.51. The quantitative estimate of drug-likeness (QED) is 0.842. The van der Waals surface area contributed by atoms with Crippen LogP contribution in [-0.2, 0) is 4.79 Å². The molecule has 0 saturated carbocycles. The molecule has 6 nitrogen and oxygen atoms in total. The molecule has 7 heteroatoms. The monoisotopic (exact) mass is 360 g/mol. The fourth-order valence-electron chi connectivity index (χ4n) is 3.17. The summed E-state index contributed by atoms with van der Waals surface area (Å²) in [4.78, 5) is 34.1. The number of imidazole rings is 1. The first-order chi connectivity index (χ1) is 12.0. The summed E-state index contributed by atoms with van der Waals surface area (Å²) in [5.41, 5.74) is 0. The number of thiophene rings is 1. The lowest BCUT2D eigenvalue weighted by atomic mass is 10.1. The summed E-state index contributed by atoms with van der Waals surface area (Å²) in [6.07, 6.45) is 3.62. The highest BCUT2D eigenvalue weighted by atomic mass is 32.1. The van der Waals surface area contributed by atoms with Crippen LogP contribution < -0.4 is 0 Å². The zero-order valence-electron chi connectivity index (χ0n) is 14.9. The zero-order chi connectivity index (χ0) is 18.0. The fourth-order valence-corrected chi connectivity index (χ4v) is 3.86. The molecule has 1 aliphatic rings. The van der Waals surface area contributed by atoms with Gasteiger partial charge in [-0.1, -0.05) is 19.9 Å². The van der Waals surface area contributed by atoms with Crippen molar-refractivity contribution in [1.29, 1.82) is 0 Å². The van der Waals surface area contributed by atoms with Crippen LogP contribution in [0.4, 0.5) is 0 Å². The molecule has 0 aliphatic carbocycles. The third-order valence-corrected chi connectivity index (χ3v) is 5.46. The van der Waals surface area contributed by atoms with Crippen LogP contribution in [-0.4, -0.2) is 57.3 Å². The number of rotatable bonds is 4. The lowest BCUT2D eigenvalue weighted by Gasteiger charge is -2.36. The predicted molar refractivity (Wildman–Crippen MR) is 97.8 cm³/mol. The van der Waals surface area contributed by atoms with Crippen molar-refractivity contribution in [3.63, 3.8) is 0 Å². The maximum absolute atomic E-state index is 12.9. The second kappa shape index (κ2) is 7.39. The summed E-state index contributed by atoms with van der Waals surface area (Å²) in [6.45, 7) is 8.37. The molecular formula is C18H24N4O2S. The third kappa shape index (κ3) is 3.61. The van der Waals surface area contributed by atoms with Crippen LogP contribution in [0.25, 0.3) is 0 Å². The number of carbonyl (C=O) groups is 2. The first-order valence-electron chi connectivity index (χ1n) is 8.63. The molecule has 1 fully saturated rings. The Morgan fingerprint density at radius 1 is 1.12 bits per heavy atom. The smallest absolute Gasteiger partial charge is 0.264 e. The highest BCUT2D eigenvalue weighted by Crippen LogP contribution is 2.20. The van der Waals surface area contributed by atoms with Crippen LogP contribution in [0.1, 0.15) is 48.2 Å². The summed E-state index contributed by atoms with van der Waals surface area (Å²) in [5, 5.41) is 1.91. The topological polar surface area (TPSA) is 58.4 Å². The summed E-state index contributed by atoms with van der Waals surface area (Å²) in [5.74, 6) is 1.34. The molecule has 1 saturated heterocycles. The van der Waals surface area contributed by atoms with Crippen molar-refractivity contribution < 1.29 is 9.59 Å². The molecule has 0 bridgehead atoms. The Labute approximate surface area is 152 Å². The molecule has 1 atom stereocenters. The highest BCUT2D eigenvalue weighted by Gasteiger charge is 2.29. The Bertz CT molecular complexity index is 730. The van der Waals surface area contributed by atoms with Crippen molar-refractivity contribution >= 4 is 23.2 Å². The molecular weight excluding hydrogens is 336 g/mol. The normalized spacial score (nSPS) is 16.3. The average Bonchev–Trinajstić information content (AvgIpc) is 3.31. The van der Waals surface area contributed by atoms with E-state index in [1.807, 2.05) is 45.0 Å². The molecule has 134 valence electrons. The minimum absolute atomic E-state index is 0.0619. The van der Waals surface area contributed by atoms with E-state index in [9.17, 15) is 9.59 Å². The fraction of sp³-hybridized carbons (Fsp3) is 0.500. The molecule has 2 aromatic rings. The average molecular weight is 360 g/mol. The number of carbonyl (C=O) groups excluding carboxylic acids is 2. The van der Waals surface area contributed by atoms with Crippen molar-refractivity contribution in [1.82, 2.24) is 19.4 Å². The van der Waals surface area contributed by atoms with Crippen LogP contribution in [0.5, 0.6) is 0 Å². The Kier molecular flexibility index (Phi) is 5.22. The Balaban J connectivity index is 1.61. The summed E-state index contributed by atoms with van der Waals surface area (Å²) < 4.78 is 1.95. The molecule has 3 rings (SSSR count). The summed E-state index contributed by atoms with van der Waals surface area (Å²) in [7, 11) is 0. The van der Waals surface area contributed by atoms with Crippen LogP contribution in [0.15, 0.2) is 29.9 Å². The standard InChI is InChI=1S/C18H24N4O2S/c1-13(2)16-19-6-7-22(16)14(3)17(23)20-8-10-21(11-9-20)18(24)15-5-4-12-25-15/h4-7,12-14H,8-11H2,1-3H3/t14-/m1/s1. The Morgan fingerprint density at radius 2 is 1.80 bits per heavy atom.